The highest BCUT2D eigenvalue weighted by atomic mass is 16.5. The van der Waals surface area contributed by atoms with Crippen LogP contribution >= 0.6 is 0 Å². The average Bonchev–Trinajstić information content (AvgIpc) is 3.23. The number of H-pyrrole nitrogens is 1. The van der Waals surface area contributed by atoms with Gasteiger partial charge in [-0.2, -0.15) is 0 Å². The van der Waals surface area contributed by atoms with Crippen molar-refractivity contribution in [2.75, 3.05) is 0 Å². The molecular formula is C19H20N6O4. The summed E-state index contributed by atoms with van der Waals surface area (Å²) in [4.78, 5) is 43.8. The van der Waals surface area contributed by atoms with Gasteiger partial charge in [0.2, 0.25) is 0 Å². The minimum Gasteiger partial charge on any atom is -0.324 e. The van der Waals surface area contributed by atoms with Gasteiger partial charge in [0, 0.05) is 19.2 Å². The van der Waals surface area contributed by atoms with Gasteiger partial charge in [0.1, 0.15) is 5.82 Å². The molecule has 29 heavy (non-hydrogen) atoms. The summed E-state index contributed by atoms with van der Waals surface area (Å²) in [5, 5.41) is 3.87. The molecule has 1 N–H and O–H groups in total. The highest BCUT2D eigenvalue weighted by molar-refractivity contribution is 5.70. The van der Waals surface area contributed by atoms with Gasteiger partial charge in [-0.3, -0.25) is 18.9 Å². The number of hydrogen-bond acceptors (Lipinski definition) is 6. The molecule has 0 aliphatic heterocycles. The third kappa shape index (κ3) is 3.22. The maximum atomic E-state index is 12.4. The molecule has 0 spiro atoms. The Kier molecular flexibility index (Phi) is 4.75. The molecule has 0 atom stereocenters. The van der Waals surface area contributed by atoms with Crippen molar-refractivity contribution in [2.45, 2.75) is 32.9 Å². The van der Waals surface area contributed by atoms with Crippen LogP contribution in [0.5, 0.6) is 0 Å². The van der Waals surface area contributed by atoms with E-state index in [0.717, 1.165) is 18.4 Å². The quantitative estimate of drug-likeness (QED) is 0.521. The Morgan fingerprint density at radius 2 is 1.86 bits per heavy atom. The van der Waals surface area contributed by atoms with Crippen molar-refractivity contribution >= 4 is 11.2 Å². The molecule has 1 aromatic carbocycles. The Morgan fingerprint density at radius 1 is 1.10 bits per heavy atom. The van der Waals surface area contributed by atoms with Crippen LogP contribution in [0.15, 0.2) is 49.2 Å². The Balaban J connectivity index is 1.85. The first-order valence-corrected chi connectivity index (χ1v) is 9.31. The number of nitrogens with one attached hydrogen (secondary N) is 1. The molecule has 0 bridgehead atoms. The second kappa shape index (κ2) is 7.38. The van der Waals surface area contributed by atoms with E-state index in [-0.39, 0.29) is 12.1 Å². The van der Waals surface area contributed by atoms with Gasteiger partial charge in [0.25, 0.3) is 5.56 Å². The summed E-state index contributed by atoms with van der Waals surface area (Å²) in [6.07, 6.45) is 1.67. The summed E-state index contributed by atoms with van der Waals surface area (Å²) >= 11 is 0. The molecule has 3 aromatic heterocycles. The predicted molar refractivity (Wildman–Crippen MR) is 106 cm³/mol. The summed E-state index contributed by atoms with van der Waals surface area (Å²) in [6, 6.07) is 9.16. The zero-order chi connectivity index (χ0) is 20.5. The van der Waals surface area contributed by atoms with Crippen molar-refractivity contribution in [3.05, 3.63) is 67.5 Å². The number of imidazole rings is 1. The predicted octanol–water partition coefficient (Wildman–Crippen LogP) is 1.09. The van der Waals surface area contributed by atoms with Gasteiger partial charge in [-0.05, 0) is 6.42 Å². The number of aryl methyl sites for hydroxylation is 2. The van der Waals surface area contributed by atoms with Crippen LogP contribution in [0, 0.1) is 0 Å². The lowest BCUT2D eigenvalue weighted by Crippen LogP contribution is -2.31. The Morgan fingerprint density at radius 3 is 2.59 bits per heavy atom. The van der Waals surface area contributed by atoms with Crippen molar-refractivity contribution in [1.82, 2.24) is 28.8 Å². The summed E-state index contributed by atoms with van der Waals surface area (Å²) in [7, 11) is 1.68. The number of unbranched alkanes of at least 4 members (excludes halogenated alkanes) is 1. The maximum absolute atomic E-state index is 12.4. The topological polar surface area (TPSA) is 121 Å². The summed E-state index contributed by atoms with van der Waals surface area (Å²) < 4.78 is 9.24. The van der Waals surface area contributed by atoms with Crippen molar-refractivity contribution in [2.24, 2.45) is 7.05 Å². The number of hydrogen-bond donors (Lipinski definition) is 1. The molecule has 4 aromatic rings. The zero-order valence-corrected chi connectivity index (χ0v) is 16.1. The Bertz CT molecular complexity index is 1340. The standard InChI is InChI=1S/C19H20N6O4/c1-3-4-10-24-16-14(17(26)21-18(24)27)23(2)13(20-16)11-25-15(22-29-19(25)28)12-8-6-5-7-9-12/h5-9H,3-4,10-11H2,1-2H3,(H,21,26,27). The van der Waals surface area contributed by atoms with Gasteiger partial charge in [-0.1, -0.05) is 48.8 Å². The molecule has 0 radical (unpaired) electrons. The Hall–Kier alpha value is -3.69. The summed E-state index contributed by atoms with van der Waals surface area (Å²) in [5.41, 5.74) is 0.291. The summed E-state index contributed by atoms with van der Waals surface area (Å²) in [5.74, 6) is 0.164. The lowest BCUT2D eigenvalue weighted by Gasteiger charge is -2.05. The lowest BCUT2D eigenvalue weighted by molar-refractivity contribution is 0.377. The second-order valence-electron chi connectivity index (χ2n) is 6.75. The maximum Gasteiger partial charge on any atom is 0.442 e. The van der Waals surface area contributed by atoms with Crippen molar-refractivity contribution < 1.29 is 4.52 Å². The van der Waals surface area contributed by atoms with Gasteiger partial charge < -0.3 is 4.57 Å². The molecule has 0 fully saturated rings. The normalized spacial score (nSPS) is 11.4. The molecular weight excluding hydrogens is 376 g/mol. The van der Waals surface area contributed by atoms with Crippen LogP contribution in [-0.2, 0) is 20.1 Å². The van der Waals surface area contributed by atoms with Gasteiger partial charge in [-0.15, -0.1) is 0 Å². The average molecular weight is 396 g/mol. The van der Waals surface area contributed by atoms with E-state index in [1.807, 2.05) is 37.3 Å². The highest BCUT2D eigenvalue weighted by Gasteiger charge is 2.20. The SMILES string of the molecule is CCCCn1c(=O)[nH]c(=O)c2c1nc(Cn1c(-c3ccccc3)noc1=O)n2C. The van der Waals surface area contributed by atoms with E-state index >= 15 is 0 Å². The van der Waals surface area contributed by atoms with E-state index in [2.05, 4.69) is 15.1 Å². The van der Waals surface area contributed by atoms with Gasteiger partial charge >= 0.3 is 11.4 Å². The molecule has 0 saturated carbocycles. The van der Waals surface area contributed by atoms with Crippen molar-refractivity contribution in [3.63, 3.8) is 0 Å². The smallest absolute Gasteiger partial charge is 0.324 e. The van der Waals surface area contributed by atoms with Gasteiger partial charge in [-0.25, -0.2) is 19.1 Å². The van der Waals surface area contributed by atoms with E-state index in [9.17, 15) is 14.4 Å². The van der Waals surface area contributed by atoms with Crippen molar-refractivity contribution in [3.8, 4) is 11.4 Å². The molecule has 3 heterocycles. The number of nitrogens with zero attached hydrogens (tertiary/aromatic N) is 5. The van der Waals surface area contributed by atoms with Crippen LogP contribution in [0.1, 0.15) is 25.6 Å². The van der Waals surface area contributed by atoms with Gasteiger partial charge in [0.15, 0.2) is 17.0 Å². The molecule has 0 aliphatic rings. The third-order valence-corrected chi connectivity index (χ3v) is 4.86. The fourth-order valence-corrected chi connectivity index (χ4v) is 3.30. The molecule has 0 aliphatic carbocycles. The number of aromatic nitrogens is 6. The molecule has 0 amide bonds. The number of fused-ring (bicyclic) bond motifs is 1. The van der Waals surface area contributed by atoms with E-state index in [4.69, 9.17) is 4.52 Å². The molecule has 10 heteroatoms. The minimum absolute atomic E-state index is 0.0408. The molecule has 4 rings (SSSR count). The fourth-order valence-electron chi connectivity index (χ4n) is 3.30. The van der Waals surface area contributed by atoms with E-state index in [1.165, 1.54) is 9.13 Å². The monoisotopic (exact) mass is 396 g/mol. The molecule has 150 valence electrons. The molecule has 0 unspecified atom stereocenters. The van der Waals surface area contributed by atoms with Crippen LogP contribution in [0.2, 0.25) is 0 Å². The molecule has 10 nitrogen and oxygen atoms in total. The highest BCUT2D eigenvalue weighted by Crippen LogP contribution is 2.17. The first-order chi connectivity index (χ1) is 14.0. The third-order valence-electron chi connectivity index (χ3n) is 4.86. The zero-order valence-electron chi connectivity index (χ0n) is 16.1. The second-order valence-corrected chi connectivity index (χ2v) is 6.75. The van der Waals surface area contributed by atoms with Crippen LogP contribution in [0.3, 0.4) is 0 Å². The largest absolute Gasteiger partial charge is 0.442 e. The summed E-state index contributed by atoms with van der Waals surface area (Å²) in [6.45, 7) is 2.50. The number of rotatable bonds is 6. The minimum atomic E-state index is -0.631. The van der Waals surface area contributed by atoms with Crippen molar-refractivity contribution in [1.29, 1.82) is 0 Å². The van der Waals surface area contributed by atoms with Crippen LogP contribution in [0.25, 0.3) is 22.6 Å². The first kappa shape index (κ1) is 18.7. The lowest BCUT2D eigenvalue weighted by atomic mass is 10.2. The number of benzene rings is 1. The van der Waals surface area contributed by atoms with Crippen LogP contribution < -0.4 is 17.0 Å². The Labute approximate surface area is 164 Å². The first-order valence-electron chi connectivity index (χ1n) is 9.31. The molecule has 0 saturated heterocycles. The fraction of sp³-hybridized carbons (Fsp3) is 0.316. The van der Waals surface area contributed by atoms with Crippen LogP contribution in [-0.4, -0.2) is 28.8 Å². The van der Waals surface area contributed by atoms with E-state index in [1.54, 1.807) is 11.6 Å². The number of aromatic amines is 1. The van der Waals surface area contributed by atoms with E-state index in [0.29, 0.717) is 23.8 Å². The van der Waals surface area contributed by atoms with Gasteiger partial charge in [0.05, 0.1) is 6.54 Å². The van der Waals surface area contributed by atoms with E-state index < -0.39 is 17.0 Å². The van der Waals surface area contributed by atoms with Crippen LogP contribution in [0.4, 0.5) is 0 Å².